The predicted molar refractivity (Wildman–Crippen MR) is 136 cm³/mol. The molecular formula is C25H34N8O2. The lowest BCUT2D eigenvalue weighted by atomic mass is 9.86. The molecular weight excluding hydrogens is 444 g/mol. The Hall–Kier alpha value is -3.21. The van der Waals surface area contributed by atoms with E-state index in [0.717, 1.165) is 61.1 Å². The maximum Gasteiger partial charge on any atom is 0.354 e. The average molecular weight is 479 g/mol. The minimum atomic E-state index is -0.307. The van der Waals surface area contributed by atoms with Crippen LogP contribution in [-0.4, -0.2) is 52.8 Å². The highest BCUT2D eigenvalue weighted by atomic mass is 16.5. The van der Waals surface area contributed by atoms with Crippen molar-refractivity contribution in [2.75, 3.05) is 26.2 Å². The van der Waals surface area contributed by atoms with E-state index in [0.29, 0.717) is 30.6 Å². The molecule has 4 atom stereocenters. The molecule has 0 amide bonds. The summed E-state index contributed by atoms with van der Waals surface area (Å²) in [5, 5.41) is 14.5. The Bertz CT molecular complexity index is 1230. The summed E-state index contributed by atoms with van der Waals surface area (Å²) in [6.45, 7) is 3.10. The Balaban J connectivity index is 1.33. The van der Waals surface area contributed by atoms with E-state index in [2.05, 4.69) is 26.7 Å². The van der Waals surface area contributed by atoms with E-state index in [1.54, 1.807) is 4.57 Å². The molecule has 2 fully saturated rings. The van der Waals surface area contributed by atoms with Gasteiger partial charge in [-0.25, -0.2) is 4.79 Å². The Morgan fingerprint density at radius 2 is 2.11 bits per heavy atom. The van der Waals surface area contributed by atoms with Gasteiger partial charge in [-0.1, -0.05) is 12.1 Å². The highest BCUT2D eigenvalue weighted by Gasteiger charge is 2.29. The van der Waals surface area contributed by atoms with Crippen LogP contribution in [0.4, 0.5) is 0 Å². The number of hydrogen-bond donors (Lipinski definition) is 6. The van der Waals surface area contributed by atoms with Crippen LogP contribution in [0.3, 0.4) is 0 Å². The molecule has 4 heterocycles. The number of nitrogens with one attached hydrogen (secondary N) is 4. The van der Waals surface area contributed by atoms with E-state index in [1.807, 2.05) is 30.5 Å². The molecule has 186 valence electrons. The molecule has 10 heteroatoms. The number of nitrogens with two attached hydrogens (primary N) is 2. The number of aromatic nitrogens is 3. The second-order valence-corrected chi connectivity index (χ2v) is 9.65. The third-order valence-electron chi connectivity index (χ3n) is 7.20. The lowest BCUT2D eigenvalue weighted by molar-refractivity contribution is -0.0691. The van der Waals surface area contributed by atoms with Crippen LogP contribution >= 0.6 is 0 Å². The van der Waals surface area contributed by atoms with Gasteiger partial charge in [0.15, 0.2) is 5.96 Å². The zero-order chi connectivity index (χ0) is 24.4. The molecule has 0 spiro atoms. The van der Waals surface area contributed by atoms with E-state index in [-0.39, 0.29) is 23.9 Å². The maximum absolute atomic E-state index is 12.8. The van der Waals surface area contributed by atoms with E-state index >= 15 is 0 Å². The SMILES string of the molecule is N=C(N)NCC[C@@H]1C[C@H](CN)O[C@@H](c2ccc(-n3cc4cc(C5CCNC5)[nH]c4nc3=O)cc2)C1. The molecule has 3 aromatic rings. The number of hydrogen-bond acceptors (Lipinski definition) is 6. The highest BCUT2D eigenvalue weighted by Crippen LogP contribution is 2.36. The van der Waals surface area contributed by atoms with Gasteiger partial charge in [0, 0.05) is 42.8 Å². The Kier molecular flexibility index (Phi) is 6.85. The van der Waals surface area contributed by atoms with Crippen LogP contribution in [-0.2, 0) is 4.74 Å². The summed E-state index contributed by atoms with van der Waals surface area (Å²) in [6.07, 6.45) is 5.58. The van der Waals surface area contributed by atoms with Gasteiger partial charge in [0.25, 0.3) is 0 Å². The van der Waals surface area contributed by atoms with E-state index in [9.17, 15) is 4.79 Å². The molecule has 8 N–H and O–H groups in total. The molecule has 35 heavy (non-hydrogen) atoms. The van der Waals surface area contributed by atoms with Crippen LogP contribution in [0.2, 0.25) is 0 Å². The molecule has 2 aliphatic rings. The first-order valence-corrected chi connectivity index (χ1v) is 12.4. The van der Waals surface area contributed by atoms with Crippen molar-refractivity contribution in [2.45, 2.75) is 43.8 Å². The quantitative estimate of drug-likeness (QED) is 0.221. The number of H-pyrrole nitrogens is 1. The lowest BCUT2D eigenvalue weighted by Crippen LogP contribution is -2.36. The standard InChI is InChI=1S/C25H34N8O2/c26-12-20-9-15(5-8-30-24(27)28)10-22(35-20)16-1-3-19(4-2-16)33-14-18-11-21(17-6-7-29-13-17)31-23(18)32-25(33)34/h1-4,11,14-15,17,20,22,29H,5-10,12-13,26H2,(H4,27,28,30)(H,31,32,34)/t15-,17?,20-,22-/m1/s1. The average Bonchev–Trinajstić information content (AvgIpc) is 3.53. The van der Waals surface area contributed by atoms with Crippen molar-refractivity contribution in [3.8, 4) is 5.69 Å². The van der Waals surface area contributed by atoms with Gasteiger partial charge in [-0.3, -0.25) is 9.98 Å². The first kappa shape index (κ1) is 23.5. The zero-order valence-corrected chi connectivity index (χ0v) is 19.8. The maximum atomic E-state index is 12.8. The number of ether oxygens (including phenoxy) is 1. The fourth-order valence-corrected chi connectivity index (χ4v) is 5.32. The van der Waals surface area contributed by atoms with Crippen LogP contribution < -0.4 is 27.8 Å². The summed E-state index contributed by atoms with van der Waals surface area (Å²) in [5.74, 6) is 0.858. The number of fused-ring (bicyclic) bond motifs is 1. The highest BCUT2D eigenvalue weighted by molar-refractivity contribution is 5.76. The lowest BCUT2D eigenvalue weighted by Gasteiger charge is -2.35. The fourth-order valence-electron chi connectivity index (χ4n) is 5.32. The van der Waals surface area contributed by atoms with Crippen LogP contribution in [0.5, 0.6) is 0 Å². The summed E-state index contributed by atoms with van der Waals surface area (Å²) < 4.78 is 7.85. The van der Waals surface area contributed by atoms with Crippen LogP contribution in [0.1, 0.15) is 49.0 Å². The second kappa shape index (κ2) is 10.2. The van der Waals surface area contributed by atoms with Gasteiger partial charge in [0.2, 0.25) is 0 Å². The smallest absolute Gasteiger partial charge is 0.354 e. The summed E-state index contributed by atoms with van der Waals surface area (Å²) in [4.78, 5) is 20.4. The van der Waals surface area contributed by atoms with Crippen molar-refractivity contribution in [3.05, 3.63) is 58.3 Å². The predicted octanol–water partition coefficient (Wildman–Crippen LogP) is 1.46. The molecule has 1 aromatic carbocycles. The minimum absolute atomic E-state index is 0.00263. The summed E-state index contributed by atoms with van der Waals surface area (Å²) >= 11 is 0. The molecule has 2 aromatic heterocycles. The molecule has 2 aliphatic heterocycles. The van der Waals surface area contributed by atoms with E-state index in [4.69, 9.17) is 21.6 Å². The molecule has 0 radical (unpaired) electrons. The van der Waals surface area contributed by atoms with Gasteiger partial charge in [0.05, 0.1) is 17.9 Å². The van der Waals surface area contributed by atoms with Crippen molar-refractivity contribution in [1.82, 2.24) is 25.2 Å². The number of nitrogens with zero attached hydrogens (tertiary/aromatic N) is 2. The molecule has 2 saturated heterocycles. The van der Waals surface area contributed by atoms with Crippen molar-refractivity contribution in [2.24, 2.45) is 17.4 Å². The third kappa shape index (κ3) is 5.24. The monoisotopic (exact) mass is 478 g/mol. The van der Waals surface area contributed by atoms with Gasteiger partial charge in [0.1, 0.15) is 5.65 Å². The van der Waals surface area contributed by atoms with Crippen LogP contribution in [0.15, 0.2) is 41.3 Å². The third-order valence-corrected chi connectivity index (χ3v) is 7.20. The summed E-state index contributed by atoms with van der Waals surface area (Å²) in [7, 11) is 0. The molecule has 5 rings (SSSR count). The number of guanidine groups is 1. The van der Waals surface area contributed by atoms with Crippen molar-refractivity contribution < 1.29 is 4.74 Å². The van der Waals surface area contributed by atoms with Gasteiger partial charge in [-0.05, 0) is 61.9 Å². The zero-order valence-electron chi connectivity index (χ0n) is 19.8. The summed E-state index contributed by atoms with van der Waals surface area (Å²) in [6, 6.07) is 10.0. The minimum Gasteiger partial charge on any atom is -0.370 e. The van der Waals surface area contributed by atoms with Gasteiger partial charge >= 0.3 is 5.69 Å². The largest absolute Gasteiger partial charge is 0.370 e. The van der Waals surface area contributed by atoms with Crippen LogP contribution in [0, 0.1) is 11.3 Å². The molecule has 10 nitrogen and oxygen atoms in total. The van der Waals surface area contributed by atoms with Gasteiger partial charge < -0.3 is 31.8 Å². The summed E-state index contributed by atoms with van der Waals surface area (Å²) in [5.41, 5.74) is 14.6. The van der Waals surface area contributed by atoms with E-state index < -0.39 is 0 Å². The molecule has 0 bridgehead atoms. The fraction of sp³-hybridized carbons (Fsp3) is 0.480. The Labute approximate surface area is 204 Å². The van der Waals surface area contributed by atoms with Crippen molar-refractivity contribution >= 4 is 17.0 Å². The van der Waals surface area contributed by atoms with Crippen LogP contribution in [0.25, 0.3) is 16.7 Å². The Morgan fingerprint density at radius 1 is 1.29 bits per heavy atom. The van der Waals surface area contributed by atoms with Gasteiger partial charge in [-0.2, -0.15) is 4.98 Å². The molecule has 1 unspecified atom stereocenters. The topological polar surface area (TPSA) is 160 Å². The number of aromatic amines is 1. The second-order valence-electron chi connectivity index (χ2n) is 9.65. The normalized spacial score (nSPS) is 24.6. The van der Waals surface area contributed by atoms with Crippen molar-refractivity contribution in [1.29, 1.82) is 5.41 Å². The van der Waals surface area contributed by atoms with E-state index in [1.165, 1.54) is 0 Å². The first-order chi connectivity index (χ1) is 17.0. The van der Waals surface area contributed by atoms with Crippen molar-refractivity contribution in [3.63, 3.8) is 0 Å². The molecule has 0 saturated carbocycles. The van der Waals surface area contributed by atoms with Gasteiger partial charge in [-0.15, -0.1) is 0 Å². The first-order valence-electron chi connectivity index (χ1n) is 12.4. The Morgan fingerprint density at radius 3 is 2.83 bits per heavy atom. The molecule has 0 aliphatic carbocycles. The number of benzene rings is 1. The number of rotatable bonds is 7.